The fraction of sp³-hybridized carbons (Fsp3) is 0.400. The van der Waals surface area contributed by atoms with E-state index < -0.39 is 5.60 Å². The van der Waals surface area contributed by atoms with Crippen molar-refractivity contribution in [3.8, 4) is 5.75 Å². The van der Waals surface area contributed by atoms with Gasteiger partial charge in [0.05, 0.1) is 19.8 Å². The maximum absolute atomic E-state index is 11.0. The van der Waals surface area contributed by atoms with E-state index in [4.69, 9.17) is 9.47 Å². The van der Waals surface area contributed by atoms with E-state index >= 15 is 0 Å². The smallest absolute Gasteiger partial charge is 0.119 e. The van der Waals surface area contributed by atoms with Crippen LogP contribution in [-0.4, -0.2) is 38.0 Å². The van der Waals surface area contributed by atoms with Gasteiger partial charge in [0.2, 0.25) is 0 Å². The molecule has 4 nitrogen and oxygen atoms in total. The van der Waals surface area contributed by atoms with Crippen molar-refractivity contribution >= 4 is 5.69 Å². The van der Waals surface area contributed by atoms with E-state index in [1.807, 2.05) is 50.2 Å². The zero-order chi connectivity index (χ0) is 17.0. The number of aliphatic hydroxyl groups is 1. The standard InChI is InChI=1S/C20H25NO3/c1-3-24-19-10-6-17(7-11-19)20(2,22)16-4-8-18(9-5-16)21-12-14-23-15-13-21/h4-11,22H,3,12-15H2,1-2H3. The van der Waals surface area contributed by atoms with Gasteiger partial charge in [-0.25, -0.2) is 0 Å². The van der Waals surface area contributed by atoms with Gasteiger partial charge in [0.15, 0.2) is 0 Å². The molecule has 1 saturated heterocycles. The van der Waals surface area contributed by atoms with Crippen molar-refractivity contribution in [3.63, 3.8) is 0 Å². The van der Waals surface area contributed by atoms with Gasteiger partial charge >= 0.3 is 0 Å². The van der Waals surface area contributed by atoms with Crippen molar-refractivity contribution < 1.29 is 14.6 Å². The zero-order valence-corrected chi connectivity index (χ0v) is 14.4. The van der Waals surface area contributed by atoms with E-state index in [9.17, 15) is 5.11 Å². The number of rotatable bonds is 5. The fourth-order valence-electron chi connectivity index (χ4n) is 3.03. The van der Waals surface area contributed by atoms with Crippen molar-refractivity contribution in [2.75, 3.05) is 37.8 Å². The fourth-order valence-corrected chi connectivity index (χ4v) is 3.03. The average molecular weight is 327 g/mol. The lowest BCUT2D eigenvalue weighted by Gasteiger charge is -2.30. The second-order valence-electron chi connectivity index (χ2n) is 6.18. The first-order valence-corrected chi connectivity index (χ1v) is 8.50. The van der Waals surface area contributed by atoms with Crippen LogP contribution in [0.1, 0.15) is 25.0 Å². The molecule has 1 aliphatic rings. The highest BCUT2D eigenvalue weighted by Gasteiger charge is 2.25. The van der Waals surface area contributed by atoms with Gasteiger partial charge < -0.3 is 19.5 Å². The van der Waals surface area contributed by atoms with Crippen LogP contribution >= 0.6 is 0 Å². The minimum absolute atomic E-state index is 0.638. The molecule has 1 aliphatic heterocycles. The van der Waals surface area contributed by atoms with Gasteiger partial charge in [-0.1, -0.05) is 24.3 Å². The minimum Gasteiger partial charge on any atom is -0.494 e. The monoisotopic (exact) mass is 327 g/mol. The summed E-state index contributed by atoms with van der Waals surface area (Å²) in [7, 11) is 0. The Hall–Kier alpha value is -2.04. The molecular weight excluding hydrogens is 302 g/mol. The lowest BCUT2D eigenvalue weighted by atomic mass is 9.88. The van der Waals surface area contributed by atoms with Gasteiger partial charge in [-0.2, -0.15) is 0 Å². The Kier molecular flexibility index (Phi) is 5.07. The average Bonchev–Trinajstić information content (AvgIpc) is 2.63. The number of benzene rings is 2. The summed E-state index contributed by atoms with van der Waals surface area (Å²) in [4.78, 5) is 2.30. The lowest BCUT2D eigenvalue weighted by Crippen LogP contribution is -2.36. The molecule has 1 atom stereocenters. The molecule has 0 saturated carbocycles. The van der Waals surface area contributed by atoms with Gasteiger partial charge in [-0.15, -0.1) is 0 Å². The molecule has 24 heavy (non-hydrogen) atoms. The summed E-state index contributed by atoms with van der Waals surface area (Å²) in [5.41, 5.74) is 1.87. The first-order chi connectivity index (χ1) is 11.6. The largest absolute Gasteiger partial charge is 0.494 e. The molecule has 0 aromatic heterocycles. The Bertz CT molecular complexity index is 644. The number of hydrogen-bond acceptors (Lipinski definition) is 4. The summed E-state index contributed by atoms with van der Waals surface area (Å²) < 4.78 is 10.9. The molecule has 0 bridgehead atoms. The van der Waals surface area contributed by atoms with Crippen molar-refractivity contribution in [3.05, 3.63) is 59.7 Å². The van der Waals surface area contributed by atoms with Crippen LogP contribution in [0.2, 0.25) is 0 Å². The number of morpholine rings is 1. The molecule has 2 aromatic rings. The maximum Gasteiger partial charge on any atom is 0.119 e. The summed E-state index contributed by atoms with van der Waals surface area (Å²) in [5.74, 6) is 0.819. The van der Waals surface area contributed by atoms with Crippen LogP contribution in [0.4, 0.5) is 5.69 Å². The normalized spacial score (nSPS) is 17.4. The van der Waals surface area contributed by atoms with E-state index in [1.54, 1.807) is 0 Å². The highest BCUT2D eigenvalue weighted by molar-refractivity contribution is 5.50. The molecule has 3 rings (SSSR count). The third kappa shape index (κ3) is 3.55. The van der Waals surface area contributed by atoms with E-state index in [0.717, 1.165) is 43.2 Å². The topological polar surface area (TPSA) is 41.9 Å². The predicted molar refractivity (Wildman–Crippen MR) is 95.8 cm³/mol. The predicted octanol–water partition coefficient (Wildman–Crippen LogP) is 3.18. The molecule has 0 aliphatic carbocycles. The van der Waals surface area contributed by atoms with E-state index in [0.29, 0.717) is 6.61 Å². The third-order valence-electron chi connectivity index (χ3n) is 4.53. The Morgan fingerprint density at radius 2 is 1.54 bits per heavy atom. The molecule has 2 aromatic carbocycles. The van der Waals surface area contributed by atoms with Crippen molar-refractivity contribution in [1.82, 2.24) is 0 Å². The molecule has 4 heteroatoms. The molecule has 1 fully saturated rings. The SMILES string of the molecule is CCOc1ccc(C(C)(O)c2ccc(N3CCOCC3)cc2)cc1. The minimum atomic E-state index is -1.03. The first-order valence-electron chi connectivity index (χ1n) is 8.50. The summed E-state index contributed by atoms with van der Waals surface area (Å²) in [6, 6.07) is 15.8. The molecule has 0 spiro atoms. The molecule has 128 valence electrons. The van der Waals surface area contributed by atoms with Crippen LogP contribution in [-0.2, 0) is 10.3 Å². The Morgan fingerprint density at radius 1 is 1.00 bits per heavy atom. The summed E-state index contributed by atoms with van der Waals surface area (Å²) in [6.45, 7) is 7.78. The summed E-state index contributed by atoms with van der Waals surface area (Å²) in [6.07, 6.45) is 0. The van der Waals surface area contributed by atoms with Gasteiger partial charge in [0, 0.05) is 18.8 Å². The van der Waals surface area contributed by atoms with Gasteiger partial charge in [-0.3, -0.25) is 0 Å². The lowest BCUT2D eigenvalue weighted by molar-refractivity contribution is 0.102. The maximum atomic E-state index is 11.0. The van der Waals surface area contributed by atoms with Crippen LogP contribution < -0.4 is 9.64 Å². The van der Waals surface area contributed by atoms with Gasteiger partial charge in [0.25, 0.3) is 0 Å². The van der Waals surface area contributed by atoms with E-state index in [2.05, 4.69) is 17.0 Å². The molecular formula is C20H25NO3. The molecule has 0 radical (unpaired) electrons. The summed E-state index contributed by atoms with van der Waals surface area (Å²) >= 11 is 0. The van der Waals surface area contributed by atoms with Crippen LogP contribution in [0.5, 0.6) is 5.75 Å². The van der Waals surface area contributed by atoms with Crippen molar-refractivity contribution in [1.29, 1.82) is 0 Å². The Morgan fingerprint density at radius 3 is 2.08 bits per heavy atom. The first kappa shape index (κ1) is 16.8. The Labute approximate surface area is 143 Å². The van der Waals surface area contributed by atoms with Crippen LogP contribution in [0, 0.1) is 0 Å². The number of anilines is 1. The van der Waals surface area contributed by atoms with Crippen LogP contribution in [0.3, 0.4) is 0 Å². The number of ether oxygens (including phenoxy) is 2. The number of hydrogen-bond donors (Lipinski definition) is 1. The number of nitrogens with zero attached hydrogens (tertiary/aromatic N) is 1. The van der Waals surface area contributed by atoms with Crippen LogP contribution in [0.25, 0.3) is 0 Å². The van der Waals surface area contributed by atoms with Crippen molar-refractivity contribution in [2.45, 2.75) is 19.4 Å². The van der Waals surface area contributed by atoms with Crippen LogP contribution in [0.15, 0.2) is 48.5 Å². The summed E-state index contributed by atoms with van der Waals surface area (Å²) in [5, 5.41) is 11.0. The second kappa shape index (κ2) is 7.24. The third-order valence-corrected chi connectivity index (χ3v) is 4.53. The highest BCUT2D eigenvalue weighted by Crippen LogP contribution is 2.31. The molecule has 0 amide bonds. The highest BCUT2D eigenvalue weighted by atomic mass is 16.5. The van der Waals surface area contributed by atoms with Gasteiger partial charge in [0.1, 0.15) is 11.4 Å². The molecule has 1 heterocycles. The van der Waals surface area contributed by atoms with Crippen molar-refractivity contribution in [2.24, 2.45) is 0 Å². The quantitative estimate of drug-likeness (QED) is 0.916. The molecule has 1 N–H and O–H groups in total. The van der Waals surface area contributed by atoms with E-state index in [1.165, 1.54) is 5.69 Å². The second-order valence-corrected chi connectivity index (χ2v) is 6.18. The molecule has 1 unspecified atom stereocenters. The zero-order valence-electron chi connectivity index (χ0n) is 14.4. The van der Waals surface area contributed by atoms with Gasteiger partial charge in [-0.05, 0) is 49.2 Å². The Balaban J connectivity index is 1.78. The van der Waals surface area contributed by atoms with E-state index in [-0.39, 0.29) is 0 Å².